The van der Waals surface area contributed by atoms with Crippen molar-refractivity contribution < 1.29 is 14.3 Å². The van der Waals surface area contributed by atoms with Gasteiger partial charge in [-0.1, -0.05) is 12.1 Å². The van der Waals surface area contributed by atoms with Gasteiger partial charge < -0.3 is 9.47 Å². The molecule has 0 amide bonds. The molecule has 1 aliphatic rings. The number of carbonyl (C=O) groups excluding carboxylic acids is 1. The summed E-state index contributed by atoms with van der Waals surface area (Å²) in [5.74, 6) is 0.862. The summed E-state index contributed by atoms with van der Waals surface area (Å²) in [6, 6.07) is 5.81. The molecule has 0 fully saturated rings. The third-order valence-electron chi connectivity index (χ3n) is 3.37. The number of benzene rings is 1. The zero-order chi connectivity index (χ0) is 13.2. The molecule has 1 aliphatic heterocycles. The van der Waals surface area contributed by atoms with Gasteiger partial charge in [0, 0.05) is 13.5 Å². The molecule has 0 N–H and O–H groups in total. The van der Waals surface area contributed by atoms with Crippen LogP contribution in [0.1, 0.15) is 42.6 Å². The molecule has 1 aromatic carbocycles. The van der Waals surface area contributed by atoms with Gasteiger partial charge >= 0.3 is 0 Å². The van der Waals surface area contributed by atoms with Gasteiger partial charge in [-0.2, -0.15) is 0 Å². The predicted octanol–water partition coefficient (Wildman–Crippen LogP) is 3.01. The lowest BCUT2D eigenvalue weighted by atomic mass is 9.94. The minimum atomic E-state index is -0.436. The number of carbonyl (C=O) groups is 1. The van der Waals surface area contributed by atoms with Gasteiger partial charge in [-0.05, 0) is 38.3 Å². The zero-order valence-electron chi connectivity index (χ0n) is 11.3. The van der Waals surface area contributed by atoms with Crippen LogP contribution in [0.15, 0.2) is 18.2 Å². The molecule has 0 saturated carbocycles. The molecule has 3 nitrogen and oxygen atoms in total. The number of hydrogen-bond donors (Lipinski definition) is 0. The lowest BCUT2D eigenvalue weighted by Crippen LogP contribution is -2.27. The Balaban J connectivity index is 2.26. The Bertz CT molecular complexity index is 449. The van der Waals surface area contributed by atoms with Crippen molar-refractivity contribution >= 4 is 5.78 Å². The van der Waals surface area contributed by atoms with Crippen molar-refractivity contribution in [3.63, 3.8) is 0 Å². The lowest BCUT2D eigenvalue weighted by Gasteiger charge is -2.24. The van der Waals surface area contributed by atoms with Crippen molar-refractivity contribution in [1.82, 2.24) is 0 Å². The summed E-state index contributed by atoms with van der Waals surface area (Å²) in [6.45, 7) is 4.53. The lowest BCUT2D eigenvalue weighted by molar-refractivity contribution is 0.0171. The van der Waals surface area contributed by atoms with Crippen LogP contribution in [0, 0.1) is 0 Å². The first-order valence-corrected chi connectivity index (χ1v) is 6.36. The molecule has 0 aromatic heterocycles. The fourth-order valence-corrected chi connectivity index (χ4v) is 2.16. The molecule has 18 heavy (non-hydrogen) atoms. The van der Waals surface area contributed by atoms with Gasteiger partial charge in [0.2, 0.25) is 0 Å². The molecule has 0 atom stereocenters. The molecule has 0 aliphatic carbocycles. The normalized spacial score (nSPS) is 14.8. The third-order valence-corrected chi connectivity index (χ3v) is 3.37. The molecule has 3 heteroatoms. The van der Waals surface area contributed by atoms with E-state index in [1.165, 1.54) is 0 Å². The van der Waals surface area contributed by atoms with Crippen molar-refractivity contribution in [2.75, 3.05) is 13.7 Å². The largest absolute Gasteiger partial charge is 0.493 e. The summed E-state index contributed by atoms with van der Waals surface area (Å²) in [5.41, 5.74) is 1.40. The maximum Gasteiger partial charge on any atom is 0.169 e. The topological polar surface area (TPSA) is 35.5 Å². The molecule has 98 valence electrons. The second-order valence-corrected chi connectivity index (χ2v) is 5.31. The van der Waals surface area contributed by atoms with E-state index < -0.39 is 5.60 Å². The smallest absolute Gasteiger partial charge is 0.169 e. The molecule has 0 bridgehead atoms. The molecule has 0 unspecified atom stereocenters. The molecule has 0 saturated heterocycles. The minimum absolute atomic E-state index is 0.0839. The maximum absolute atomic E-state index is 12.3. The Hall–Kier alpha value is -1.35. The molecule has 2 rings (SSSR count). The Morgan fingerprint density at radius 3 is 2.94 bits per heavy atom. The zero-order valence-corrected chi connectivity index (χ0v) is 11.3. The van der Waals surface area contributed by atoms with Crippen molar-refractivity contribution in [2.24, 2.45) is 0 Å². The summed E-state index contributed by atoms with van der Waals surface area (Å²) in [4.78, 5) is 12.3. The summed E-state index contributed by atoms with van der Waals surface area (Å²) < 4.78 is 11.0. The Labute approximate surface area is 108 Å². The molecule has 0 spiro atoms. The van der Waals surface area contributed by atoms with E-state index in [0.29, 0.717) is 18.6 Å². The van der Waals surface area contributed by atoms with Crippen LogP contribution in [0.3, 0.4) is 0 Å². The second kappa shape index (κ2) is 5.11. The van der Waals surface area contributed by atoms with E-state index >= 15 is 0 Å². The van der Waals surface area contributed by atoms with E-state index in [9.17, 15) is 4.79 Å². The number of para-hydroxylation sites is 1. The highest BCUT2D eigenvalue weighted by molar-refractivity contribution is 5.99. The Kier molecular flexibility index (Phi) is 3.71. The number of aryl methyl sites for hydroxylation is 1. The van der Waals surface area contributed by atoms with E-state index in [2.05, 4.69) is 0 Å². The number of ether oxygens (including phenoxy) is 2. The average Bonchev–Trinajstić information content (AvgIpc) is 2.37. The van der Waals surface area contributed by atoms with Crippen LogP contribution in [-0.2, 0) is 11.2 Å². The van der Waals surface area contributed by atoms with Crippen molar-refractivity contribution in [2.45, 2.75) is 38.7 Å². The quantitative estimate of drug-likeness (QED) is 0.768. The van der Waals surface area contributed by atoms with Gasteiger partial charge in [-0.25, -0.2) is 0 Å². The fourth-order valence-electron chi connectivity index (χ4n) is 2.16. The second-order valence-electron chi connectivity index (χ2n) is 5.31. The molecular weight excluding hydrogens is 228 g/mol. The van der Waals surface area contributed by atoms with Gasteiger partial charge in [-0.3, -0.25) is 4.79 Å². The first-order chi connectivity index (χ1) is 8.53. The minimum Gasteiger partial charge on any atom is -0.493 e. The number of fused-ring (bicyclic) bond motifs is 1. The highest BCUT2D eigenvalue weighted by atomic mass is 16.5. The summed E-state index contributed by atoms with van der Waals surface area (Å²) >= 11 is 0. The first kappa shape index (κ1) is 13.1. The Morgan fingerprint density at radius 1 is 1.44 bits per heavy atom. The number of ketones is 1. The van der Waals surface area contributed by atoms with Gasteiger partial charge in [-0.15, -0.1) is 0 Å². The number of hydrogen-bond acceptors (Lipinski definition) is 3. The van der Waals surface area contributed by atoms with E-state index in [1.807, 2.05) is 32.0 Å². The SMILES string of the molecule is COC(C)(C)CC(=O)c1cccc2c1OCCC2. The monoisotopic (exact) mass is 248 g/mol. The van der Waals surface area contributed by atoms with E-state index in [4.69, 9.17) is 9.47 Å². The highest BCUT2D eigenvalue weighted by Crippen LogP contribution is 2.31. The van der Waals surface area contributed by atoms with Crippen LogP contribution >= 0.6 is 0 Å². The van der Waals surface area contributed by atoms with Crippen molar-refractivity contribution in [1.29, 1.82) is 0 Å². The first-order valence-electron chi connectivity index (χ1n) is 6.36. The van der Waals surface area contributed by atoms with Crippen LogP contribution in [-0.4, -0.2) is 25.1 Å². The van der Waals surface area contributed by atoms with Gasteiger partial charge in [0.25, 0.3) is 0 Å². The van der Waals surface area contributed by atoms with Crippen LogP contribution < -0.4 is 4.74 Å². The third kappa shape index (κ3) is 2.72. The van der Waals surface area contributed by atoms with Crippen LogP contribution in [0.2, 0.25) is 0 Å². The Morgan fingerprint density at radius 2 is 2.22 bits per heavy atom. The van der Waals surface area contributed by atoms with Crippen molar-refractivity contribution in [3.05, 3.63) is 29.3 Å². The predicted molar refractivity (Wildman–Crippen MR) is 70.3 cm³/mol. The van der Waals surface area contributed by atoms with Gasteiger partial charge in [0.05, 0.1) is 17.8 Å². The summed E-state index contributed by atoms with van der Waals surface area (Å²) in [5, 5.41) is 0. The highest BCUT2D eigenvalue weighted by Gasteiger charge is 2.25. The van der Waals surface area contributed by atoms with E-state index in [-0.39, 0.29) is 5.78 Å². The van der Waals surface area contributed by atoms with E-state index in [1.54, 1.807) is 7.11 Å². The molecule has 1 heterocycles. The van der Waals surface area contributed by atoms with Crippen LogP contribution in [0.5, 0.6) is 5.75 Å². The van der Waals surface area contributed by atoms with Crippen LogP contribution in [0.25, 0.3) is 0 Å². The van der Waals surface area contributed by atoms with Gasteiger partial charge in [0.1, 0.15) is 5.75 Å². The number of Topliss-reactive ketones (excluding diaryl/α,β-unsaturated/α-hetero) is 1. The molecule has 1 aromatic rings. The van der Waals surface area contributed by atoms with Gasteiger partial charge in [0.15, 0.2) is 5.78 Å². The van der Waals surface area contributed by atoms with Crippen molar-refractivity contribution in [3.8, 4) is 5.75 Å². The van der Waals surface area contributed by atoms with Crippen LogP contribution in [0.4, 0.5) is 0 Å². The summed E-state index contributed by atoms with van der Waals surface area (Å²) in [6.07, 6.45) is 2.38. The average molecular weight is 248 g/mol. The molecular formula is C15H20O3. The number of rotatable bonds is 4. The molecule has 0 radical (unpaired) electrons. The summed E-state index contributed by atoms with van der Waals surface area (Å²) in [7, 11) is 1.63. The maximum atomic E-state index is 12.3. The van der Waals surface area contributed by atoms with E-state index in [0.717, 1.165) is 24.2 Å². The number of methoxy groups -OCH3 is 1. The fraction of sp³-hybridized carbons (Fsp3) is 0.533. The standard InChI is InChI=1S/C15H20O3/c1-15(2,17-3)10-13(16)12-8-4-6-11-7-5-9-18-14(11)12/h4,6,8H,5,7,9-10H2,1-3H3.